The van der Waals surface area contributed by atoms with Crippen molar-refractivity contribution < 1.29 is 9.18 Å². The van der Waals surface area contributed by atoms with Crippen molar-refractivity contribution in [2.24, 2.45) is 5.73 Å². The van der Waals surface area contributed by atoms with Crippen LogP contribution in [0.15, 0.2) is 36.4 Å². The number of aromatic nitrogens is 3. The lowest BCUT2D eigenvalue weighted by Gasteiger charge is -1.96. The highest BCUT2D eigenvalue weighted by molar-refractivity contribution is 5.95. The number of nitrogens with zero attached hydrogens (tertiary/aromatic N) is 3. The molecule has 0 fully saturated rings. The van der Waals surface area contributed by atoms with Crippen molar-refractivity contribution in [3.05, 3.63) is 48.4 Å². The fourth-order valence-corrected chi connectivity index (χ4v) is 1.87. The number of carbonyl (C=O) groups is 1. The first-order chi connectivity index (χ1) is 9.16. The van der Waals surface area contributed by atoms with Crippen LogP contribution >= 0.6 is 0 Å². The highest BCUT2D eigenvalue weighted by Crippen LogP contribution is 2.25. The number of fused-ring (bicyclic) bond motifs is 1. The summed E-state index contributed by atoms with van der Waals surface area (Å²) in [6.07, 6.45) is 2.68. The fraction of sp³-hybridized carbons (Fsp3) is 0. The van der Waals surface area contributed by atoms with Gasteiger partial charge in [0.15, 0.2) is 0 Å². The van der Waals surface area contributed by atoms with Gasteiger partial charge in [0.05, 0.1) is 11.7 Å². The molecule has 0 aliphatic rings. The van der Waals surface area contributed by atoms with Crippen LogP contribution < -0.4 is 5.73 Å². The number of primary amides is 1. The molecular weight excluding hydrogens is 247 g/mol. The summed E-state index contributed by atoms with van der Waals surface area (Å²) in [6, 6.07) is 8.28. The summed E-state index contributed by atoms with van der Waals surface area (Å²) in [7, 11) is 0. The van der Waals surface area contributed by atoms with Crippen LogP contribution in [0.3, 0.4) is 0 Å². The Hall–Kier alpha value is -2.76. The van der Waals surface area contributed by atoms with Gasteiger partial charge in [0.2, 0.25) is 0 Å². The second-order valence-electron chi connectivity index (χ2n) is 3.91. The van der Waals surface area contributed by atoms with Crippen LogP contribution in [0.4, 0.5) is 9.18 Å². The third-order valence-corrected chi connectivity index (χ3v) is 2.71. The number of halogens is 1. The lowest BCUT2D eigenvalue weighted by Crippen LogP contribution is -2.20. The number of hydrogen-bond acceptors (Lipinski definition) is 3. The number of amides is 1. The fourth-order valence-electron chi connectivity index (χ4n) is 1.87. The molecule has 0 spiro atoms. The van der Waals surface area contributed by atoms with Gasteiger partial charge in [-0.3, -0.25) is 0 Å². The van der Waals surface area contributed by atoms with E-state index in [0.29, 0.717) is 22.3 Å². The van der Waals surface area contributed by atoms with Crippen molar-refractivity contribution >= 4 is 17.1 Å². The molecule has 0 saturated heterocycles. The minimum Gasteiger partial charge on any atom is -0.350 e. The monoisotopic (exact) mass is 255 g/mol. The zero-order chi connectivity index (χ0) is 13.4. The van der Waals surface area contributed by atoms with Crippen LogP contribution in [-0.4, -0.2) is 20.8 Å². The summed E-state index contributed by atoms with van der Waals surface area (Å²) in [6.45, 7) is 0. The Balaban J connectivity index is 2.29. The third kappa shape index (κ3) is 1.83. The van der Waals surface area contributed by atoms with Crippen LogP contribution in [-0.2, 0) is 0 Å². The van der Waals surface area contributed by atoms with E-state index in [4.69, 9.17) is 5.73 Å². The van der Waals surface area contributed by atoms with Gasteiger partial charge < -0.3 is 5.73 Å². The molecule has 1 aromatic carbocycles. The Labute approximate surface area is 107 Å². The molecule has 0 aliphatic heterocycles. The summed E-state index contributed by atoms with van der Waals surface area (Å²) < 4.78 is 14.0. The van der Waals surface area contributed by atoms with Gasteiger partial charge in [-0.05, 0) is 36.4 Å². The van der Waals surface area contributed by atoms with Crippen molar-refractivity contribution in [1.29, 1.82) is 0 Å². The molecule has 5 nitrogen and oxygen atoms in total. The van der Waals surface area contributed by atoms with Gasteiger partial charge in [0, 0.05) is 5.56 Å². The maximum Gasteiger partial charge on any atom is 0.340 e. The summed E-state index contributed by atoms with van der Waals surface area (Å²) in [4.78, 5) is 15.4. The van der Waals surface area contributed by atoms with E-state index in [1.807, 2.05) is 0 Å². The molecule has 0 bridgehead atoms. The van der Waals surface area contributed by atoms with Crippen LogP contribution in [0.5, 0.6) is 0 Å². The Morgan fingerprint density at radius 1 is 1.26 bits per heavy atom. The molecule has 0 aliphatic carbocycles. The smallest absolute Gasteiger partial charge is 0.340 e. The molecule has 0 atom stereocenters. The standard InChI is InChI=1S/C13H8FN4O/c14-9-5-3-8(4-6-9)11-12-10(2-1-7-16-12)18(17-11)13(15)19/h1-6H,(H2,15,19). The number of benzene rings is 1. The zero-order valence-electron chi connectivity index (χ0n) is 9.67. The average Bonchev–Trinajstić information content (AvgIpc) is 2.79. The Morgan fingerprint density at radius 3 is 2.68 bits per heavy atom. The molecule has 3 rings (SSSR count). The second kappa shape index (κ2) is 4.16. The van der Waals surface area contributed by atoms with Gasteiger partial charge in [-0.15, -0.1) is 0 Å². The van der Waals surface area contributed by atoms with Crippen LogP contribution in [0.2, 0.25) is 0 Å². The Bertz CT molecular complexity index is 764. The molecule has 2 heterocycles. The largest absolute Gasteiger partial charge is 0.350 e. The van der Waals surface area contributed by atoms with Gasteiger partial charge in [0.25, 0.3) is 0 Å². The summed E-state index contributed by atoms with van der Waals surface area (Å²) in [5, 5.41) is 4.13. The number of nitrogens with two attached hydrogens (primary N) is 1. The molecule has 1 radical (unpaired) electrons. The summed E-state index contributed by atoms with van der Waals surface area (Å²) in [5.41, 5.74) is 7.36. The average molecular weight is 255 g/mol. The lowest BCUT2D eigenvalue weighted by molar-refractivity contribution is 0.248. The Kier molecular flexibility index (Phi) is 2.49. The maximum absolute atomic E-state index is 12.9. The number of pyridine rings is 1. The van der Waals surface area contributed by atoms with E-state index in [1.165, 1.54) is 12.1 Å². The molecule has 2 aromatic heterocycles. The van der Waals surface area contributed by atoms with E-state index < -0.39 is 6.03 Å². The number of rotatable bonds is 1. The molecular formula is C13H8FN4O. The van der Waals surface area contributed by atoms with E-state index in [2.05, 4.69) is 16.3 Å². The van der Waals surface area contributed by atoms with Gasteiger partial charge in [-0.2, -0.15) is 9.78 Å². The van der Waals surface area contributed by atoms with Crippen molar-refractivity contribution in [3.63, 3.8) is 0 Å². The zero-order valence-corrected chi connectivity index (χ0v) is 9.67. The lowest BCUT2D eigenvalue weighted by atomic mass is 10.1. The normalized spacial score (nSPS) is 10.8. The first-order valence-electron chi connectivity index (χ1n) is 5.48. The van der Waals surface area contributed by atoms with E-state index in [9.17, 15) is 9.18 Å². The molecule has 6 heteroatoms. The van der Waals surface area contributed by atoms with E-state index in [-0.39, 0.29) is 5.82 Å². The molecule has 2 N–H and O–H groups in total. The SMILES string of the molecule is NC(=O)n1nc(-c2ccc(F)cc2)c2n[c]ccc21. The highest BCUT2D eigenvalue weighted by Gasteiger charge is 2.15. The predicted molar refractivity (Wildman–Crippen MR) is 66.7 cm³/mol. The minimum absolute atomic E-state index is 0.345. The topological polar surface area (TPSA) is 73.8 Å². The van der Waals surface area contributed by atoms with Crippen molar-refractivity contribution in [2.45, 2.75) is 0 Å². The number of carbonyl (C=O) groups excluding carboxylic acids is 1. The molecule has 93 valence electrons. The third-order valence-electron chi connectivity index (χ3n) is 2.71. The van der Waals surface area contributed by atoms with Crippen molar-refractivity contribution in [1.82, 2.24) is 14.8 Å². The van der Waals surface area contributed by atoms with Gasteiger partial charge in [0.1, 0.15) is 17.0 Å². The molecule has 0 saturated carbocycles. The predicted octanol–water partition coefficient (Wildman–Crippen LogP) is 1.96. The molecule has 19 heavy (non-hydrogen) atoms. The van der Waals surface area contributed by atoms with Crippen LogP contribution in [0.1, 0.15) is 0 Å². The van der Waals surface area contributed by atoms with Crippen molar-refractivity contribution in [3.8, 4) is 11.3 Å². The van der Waals surface area contributed by atoms with Crippen molar-refractivity contribution in [2.75, 3.05) is 0 Å². The van der Waals surface area contributed by atoms with Gasteiger partial charge in [-0.1, -0.05) is 0 Å². The minimum atomic E-state index is -0.702. The first-order valence-corrected chi connectivity index (χ1v) is 5.48. The molecule has 1 amide bonds. The van der Waals surface area contributed by atoms with Crippen LogP contribution in [0.25, 0.3) is 22.3 Å². The van der Waals surface area contributed by atoms with E-state index >= 15 is 0 Å². The van der Waals surface area contributed by atoms with E-state index in [0.717, 1.165) is 4.68 Å². The Morgan fingerprint density at radius 2 is 2.00 bits per heavy atom. The maximum atomic E-state index is 12.9. The van der Waals surface area contributed by atoms with Gasteiger partial charge in [-0.25, -0.2) is 14.2 Å². The van der Waals surface area contributed by atoms with E-state index in [1.54, 1.807) is 24.3 Å². The molecule has 3 aromatic rings. The second-order valence-corrected chi connectivity index (χ2v) is 3.91. The van der Waals surface area contributed by atoms with Crippen LogP contribution in [0, 0.1) is 12.0 Å². The highest BCUT2D eigenvalue weighted by atomic mass is 19.1. The molecule has 0 unspecified atom stereocenters. The summed E-state index contributed by atoms with van der Waals surface area (Å²) >= 11 is 0. The first kappa shape index (κ1) is 11.3. The van der Waals surface area contributed by atoms with Gasteiger partial charge >= 0.3 is 6.03 Å². The quantitative estimate of drug-likeness (QED) is 0.722. The summed E-state index contributed by atoms with van der Waals surface area (Å²) in [5.74, 6) is -0.345. The number of hydrogen-bond donors (Lipinski definition) is 1.